The van der Waals surface area contributed by atoms with E-state index in [0.29, 0.717) is 0 Å². The van der Waals surface area contributed by atoms with E-state index >= 15 is 0 Å². The second kappa shape index (κ2) is 30.1. The number of pyridine rings is 4. The highest BCUT2D eigenvalue weighted by atomic mass is 14.7. The Labute approximate surface area is 759 Å². The summed E-state index contributed by atoms with van der Waals surface area (Å²) < 4.78 is 0. The van der Waals surface area contributed by atoms with Crippen molar-refractivity contribution in [1.29, 1.82) is 0 Å². The normalized spacial score (nSPS) is 11.9. The van der Waals surface area contributed by atoms with Crippen LogP contribution in [0, 0.1) is 0 Å². The molecule has 0 aliphatic carbocycles. The predicted molar refractivity (Wildman–Crippen MR) is 563 cm³/mol. The summed E-state index contributed by atoms with van der Waals surface area (Å²) in [6.45, 7) is 0. The summed E-state index contributed by atoms with van der Waals surface area (Å²) in [6.07, 6.45) is 3.86. The van der Waals surface area contributed by atoms with E-state index in [4.69, 9.17) is 19.9 Å². The average Bonchev–Trinajstić information content (AvgIpc) is 0.743. The maximum atomic E-state index is 5.66. The first kappa shape index (κ1) is 74.8. The maximum Gasteiger partial charge on any atom is 0.0794 e. The van der Waals surface area contributed by atoms with Gasteiger partial charge in [-0.2, -0.15) is 0 Å². The Kier molecular flexibility index (Phi) is 17.1. The van der Waals surface area contributed by atoms with Crippen molar-refractivity contribution in [3.8, 4) is 89.3 Å². The number of nitrogens with zero attached hydrogens (tertiary/aromatic N) is 4. The second-order valence-electron chi connectivity index (χ2n) is 35.2. The summed E-state index contributed by atoms with van der Waals surface area (Å²) in [6, 6.07) is 165. The lowest BCUT2D eigenvalue weighted by Gasteiger charge is -2.17. The maximum absolute atomic E-state index is 5.66. The fourth-order valence-electron chi connectivity index (χ4n) is 21.9. The van der Waals surface area contributed by atoms with Gasteiger partial charge in [0.1, 0.15) is 0 Å². The molecule has 0 saturated heterocycles. The molecule has 0 aliphatic rings. The largest absolute Gasteiger partial charge is 0.256 e. The first-order chi connectivity index (χ1) is 65.4. The Balaban J connectivity index is 0.000000135. The van der Waals surface area contributed by atoms with Crippen molar-refractivity contribution in [2.45, 2.75) is 0 Å². The third-order valence-electron chi connectivity index (χ3n) is 28.1. The monoisotopic (exact) mass is 1670 g/mol. The van der Waals surface area contributed by atoms with Crippen LogP contribution in [0.25, 0.3) is 284 Å². The molecule has 28 aromatic rings. The first-order valence-electron chi connectivity index (χ1n) is 45.4. The minimum Gasteiger partial charge on any atom is -0.256 e. The molecule has 0 unspecified atom stereocenters. The van der Waals surface area contributed by atoms with E-state index in [0.717, 1.165) is 121 Å². The van der Waals surface area contributed by atoms with Crippen molar-refractivity contribution >= 4 is 194 Å². The molecule has 0 saturated carbocycles. The van der Waals surface area contributed by atoms with E-state index < -0.39 is 0 Å². The molecule has 0 N–H and O–H groups in total. The van der Waals surface area contributed by atoms with E-state index in [2.05, 4.69) is 437 Å². The van der Waals surface area contributed by atoms with Crippen LogP contribution in [0.2, 0.25) is 0 Å². The van der Waals surface area contributed by atoms with Crippen molar-refractivity contribution < 1.29 is 0 Å². The number of benzene rings is 24. The Morgan fingerprint density at radius 1 is 0.129 bits per heavy atom. The minimum atomic E-state index is 0.945. The van der Waals surface area contributed by atoms with E-state index in [-0.39, 0.29) is 0 Å². The average molecular weight is 1670 g/mol. The lowest BCUT2D eigenvalue weighted by atomic mass is 9.88. The van der Waals surface area contributed by atoms with Crippen LogP contribution in [0.15, 0.2) is 461 Å². The number of para-hydroxylation sites is 2. The lowest BCUT2D eigenvalue weighted by Crippen LogP contribution is -1.94. The van der Waals surface area contributed by atoms with Gasteiger partial charge in [-0.15, -0.1) is 0 Å². The van der Waals surface area contributed by atoms with Gasteiger partial charge in [-0.05, 0) is 262 Å². The van der Waals surface area contributed by atoms with Gasteiger partial charge in [-0.1, -0.05) is 382 Å². The quantitative estimate of drug-likeness (QED) is 0.142. The van der Waals surface area contributed by atoms with Gasteiger partial charge in [0, 0.05) is 67.0 Å². The van der Waals surface area contributed by atoms with E-state index in [1.54, 1.807) is 0 Å². The van der Waals surface area contributed by atoms with Crippen LogP contribution in [0.3, 0.4) is 0 Å². The van der Waals surface area contributed by atoms with Crippen LogP contribution < -0.4 is 0 Å². The van der Waals surface area contributed by atoms with Gasteiger partial charge in [0.05, 0.1) is 33.5 Å². The minimum absolute atomic E-state index is 0.945. The molecule has 28 rings (SSSR count). The lowest BCUT2D eigenvalue weighted by molar-refractivity contribution is 1.40. The zero-order valence-electron chi connectivity index (χ0n) is 71.7. The van der Waals surface area contributed by atoms with Crippen LogP contribution >= 0.6 is 0 Å². The zero-order chi connectivity index (χ0) is 86.6. The number of hydrogen-bond acceptors (Lipinski definition) is 4. The van der Waals surface area contributed by atoms with Gasteiger partial charge in [0.25, 0.3) is 0 Å². The standard InChI is InChI=1S/2C64H38N2/c1-12-24-62-42(13-1)33-44(38-65-62)39-25-27-40(28-26-39)58-37-63(43-30-32-55-50-19-5-3-15-46(50)48-17-7-9-21-52(48)60(55)35-43)66-64-56-23-11-10-22-53(56)57(36-61(58)64)41-29-31-54-49-18-4-2-14-45(49)47-16-6-8-20-51(47)59(54)34-41;1-3-19-49-45(15-1)47-17-5-7-21-51(47)59-35-42(30-32-54(49)59)57-37-61-58(40-28-26-39(27-29-40)44-25-11-13-41-14-12-34-65-63(41)44)38-62(66-64(61)56-24-10-9-23-53(56)57)43-31-33-55-50-20-4-2-16-46(50)48-18-6-8-22-52(48)60(55)36-43/h2*1-38H. The number of hydrogen-bond donors (Lipinski definition) is 0. The molecular weight excluding hydrogens is 1590 g/mol. The SMILES string of the molecule is c1ccc2ncc(-c3ccc(-c4cc(-c5ccc6c7ccccc7c7ccccc7c6c5)nc5c4cc(-c4ccc6c7ccccc7c7ccccc7c6c4)c4ccccc45)cc3)cc2c1.c1cnc2c(-c3ccc(-c4cc(-c5ccc6c7ccccc7c7ccccc7c6c5)nc5c4cc(-c4ccc6c7ccccc7c7ccccc7c6c4)c4ccccc45)cc3)cccc2c1. The molecule has 4 aromatic heterocycles. The van der Waals surface area contributed by atoms with Gasteiger partial charge in [-0.25, -0.2) is 9.97 Å². The molecular formula is C128H76N4. The molecule has 0 aliphatic heterocycles. The fourth-order valence-corrected chi connectivity index (χ4v) is 21.9. The van der Waals surface area contributed by atoms with Crippen molar-refractivity contribution in [3.05, 3.63) is 461 Å². The highest BCUT2D eigenvalue weighted by molar-refractivity contribution is 6.31. The Morgan fingerprint density at radius 3 is 0.780 bits per heavy atom. The van der Waals surface area contributed by atoms with Crippen molar-refractivity contribution in [1.82, 2.24) is 19.9 Å². The number of aromatic nitrogens is 4. The molecule has 608 valence electrons. The molecule has 0 fully saturated rings. The van der Waals surface area contributed by atoms with Crippen LogP contribution in [0.4, 0.5) is 0 Å². The van der Waals surface area contributed by atoms with E-state index in [9.17, 15) is 0 Å². The molecule has 0 atom stereocenters. The van der Waals surface area contributed by atoms with Crippen molar-refractivity contribution in [3.63, 3.8) is 0 Å². The molecule has 0 amide bonds. The van der Waals surface area contributed by atoms with Gasteiger partial charge in [-0.3, -0.25) is 9.97 Å². The summed E-state index contributed by atoms with van der Waals surface area (Å²) in [7, 11) is 0. The van der Waals surface area contributed by atoms with Crippen LogP contribution in [0.5, 0.6) is 0 Å². The predicted octanol–water partition coefficient (Wildman–Crippen LogP) is 35.0. The molecule has 0 bridgehead atoms. The third-order valence-corrected chi connectivity index (χ3v) is 28.1. The Hall–Kier alpha value is -17.4. The first-order valence-corrected chi connectivity index (χ1v) is 45.4. The molecule has 0 radical (unpaired) electrons. The van der Waals surface area contributed by atoms with E-state index in [1.807, 2.05) is 24.5 Å². The van der Waals surface area contributed by atoms with Gasteiger partial charge < -0.3 is 0 Å². The fraction of sp³-hybridized carbons (Fsp3) is 0. The second-order valence-corrected chi connectivity index (χ2v) is 35.2. The molecule has 132 heavy (non-hydrogen) atoms. The van der Waals surface area contributed by atoms with Crippen molar-refractivity contribution in [2.24, 2.45) is 0 Å². The zero-order valence-corrected chi connectivity index (χ0v) is 71.7. The van der Waals surface area contributed by atoms with Gasteiger partial charge >= 0.3 is 0 Å². The number of rotatable bonds is 8. The van der Waals surface area contributed by atoms with Crippen LogP contribution in [-0.4, -0.2) is 19.9 Å². The van der Waals surface area contributed by atoms with Crippen molar-refractivity contribution in [2.75, 3.05) is 0 Å². The molecule has 4 heteroatoms. The van der Waals surface area contributed by atoms with E-state index in [1.165, 1.54) is 162 Å². The summed E-state index contributed by atoms with van der Waals surface area (Å²) >= 11 is 0. The summed E-state index contributed by atoms with van der Waals surface area (Å²) in [5.41, 5.74) is 21.9. The number of fused-ring (bicyclic) bond motifs is 32. The molecule has 0 spiro atoms. The topological polar surface area (TPSA) is 51.6 Å². The third kappa shape index (κ3) is 12.0. The summed E-state index contributed by atoms with van der Waals surface area (Å²) in [5.74, 6) is 0. The molecule has 4 nitrogen and oxygen atoms in total. The van der Waals surface area contributed by atoms with Gasteiger partial charge in [0.15, 0.2) is 0 Å². The van der Waals surface area contributed by atoms with Crippen LogP contribution in [-0.2, 0) is 0 Å². The summed E-state index contributed by atoms with van der Waals surface area (Å²) in [4.78, 5) is 20.9. The molecule has 24 aromatic carbocycles. The smallest absolute Gasteiger partial charge is 0.0794 e. The molecule has 4 heterocycles. The highest BCUT2D eigenvalue weighted by Crippen LogP contribution is 2.49. The van der Waals surface area contributed by atoms with Crippen LogP contribution in [0.1, 0.15) is 0 Å². The Morgan fingerprint density at radius 2 is 0.402 bits per heavy atom. The Bertz CT molecular complexity index is 9650. The highest BCUT2D eigenvalue weighted by Gasteiger charge is 2.24. The van der Waals surface area contributed by atoms with Gasteiger partial charge in [0.2, 0.25) is 0 Å². The summed E-state index contributed by atoms with van der Waals surface area (Å²) in [5, 5.41) is 39.5.